The Morgan fingerprint density at radius 3 is 2.50 bits per heavy atom. The van der Waals surface area contributed by atoms with Crippen molar-refractivity contribution in [2.75, 3.05) is 11.9 Å². The fraction of sp³-hybridized carbons (Fsp3) is 0.320. The highest BCUT2D eigenvalue weighted by molar-refractivity contribution is 5.90. The average Bonchev–Trinajstić information content (AvgIpc) is 3.23. The molecule has 0 aromatic heterocycles. The van der Waals surface area contributed by atoms with Crippen molar-refractivity contribution in [3.8, 4) is 11.5 Å². The highest BCUT2D eigenvalue weighted by Gasteiger charge is 2.39. The van der Waals surface area contributed by atoms with Gasteiger partial charge in [0.2, 0.25) is 0 Å². The molecular formula is C25H25NO6. The first kappa shape index (κ1) is 21.6. The topological polar surface area (TPSA) is 90.9 Å². The van der Waals surface area contributed by atoms with Gasteiger partial charge in [0.25, 0.3) is 0 Å². The summed E-state index contributed by atoms with van der Waals surface area (Å²) in [6, 6.07) is 10.5. The van der Waals surface area contributed by atoms with Crippen molar-refractivity contribution in [1.82, 2.24) is 0 Å². The lowest BCUT2D eigenvalue weighted by Crippen LogP contribution is -2.30. The monoisotopic (exact) mass is 435 g/mol. The first-order valence-corrected chi connectivity index (χ1v) is 10.6. The predicted molar refractivity (Wildman–Crippen MR) is 118 cm³/mol. The minimum atomic E-state index is -0.456. The highest BCUT2D eigenvalue weighted by Crippen LogP contribution is 2.51. The number of rotatable bonds is 5. The van der Waals surface area contributed by atoms with Crippen LogP contribution < -0.4 is 14.8 Å². The number of carbonyl (C=O) groups is 3. The number of benzene rings is 2. The molecule has 0 saturated heterocycles. The Hall–Kier alpha value is -3.61. The van der Waals surface area contributed by atoms with Crippen LogP contribution in [0, 0.1) is 5.92 Å². The molecule has 7 heteroatoms. The molecule has 2 aliphatic rings. The summed E-state index contributed by atoms with van der Waals surface area (Å²) in [4.78, 5) is 35.3. The van der Waals surface area contributed by atoms with Crippen molar-refractivity contribution in [1.29, 1.82) is 0 Å². The predicted octanol–water partition coefficient (Wildman–Crippen LogP) is 4.54. The maximum absolute atomic E-state index is 12.2. The van der Waals surface area contributed by atoms with E-state index >= 15 is 0 Å². The van der Waals surface area contributed by atoms with E-state index in [9.17, 15) is 14.4 Å². The van der Waals surface area contributed by atoms with Crippen molar-refractivity contribution >= 4 is 23.6 Å². The lowest BCUT2D eigenvalue weighted by atomic mass is 9.76. The SMILES string of the molecule is CCOC(=O)c1ccc2c(c1)C1C=CCC1C(c1ccc(OC(C)=O)cc1OC(C)=O)N2. The largest absolute Gasteiger partial charge is 0.462 e. The molecule has 4 rings (SSSR count). The number of ether oxygens (including phenoxy) is 3. The summed E-state index contributed by atoms with van der Waals surface area (Å²) in [5.41, 5.74) is 3.27. The number of hydrogen-bond acceptors (Lipinski definition) is 7. The van der Waals surface area contributed by atoms with Crippen molar-refractivity contribution in [3.05, 3.63) is 65.2 Å². The van der Waals surface area contributed by atoms with E-state index in [0.29, 0.717) is 23.7 Å². The van der Waals surface area contributed by atoms with Crippen LogP contribution in [0.5, 0.6) is 11.5 Å². The second kappa shape index (κ2) is 8.86. The molecule has 7 nitrogen and oxygen atoms in total. The van der Waals surface area contributed by atoms with Crippen molar-refractivity contribution in [3.63, 3.8) is 0 Å². The Kier molecular flexibility index (Phi) is 5.99. The van der Waals surface area contributed by atoms with Crippen molar-refractivity contribution in [2.45, 2.75) is 39.2 Å². The molecule has 0 radical (unpaired) electrons. The van der Waals surface area contributed by atoms with Crippen LogP contribution in [-0.4, -0.2) is 24.5 Å². The van der Waals surface area contributed by atoms with Gasteiger partial charge in [-0.1, -0.05) is 12.2 Å². The van der Waals surface area contributed by atoms with Gasteiger partial charge in [-0.2, -0.15) is 0 Å². The Balaban J connectivity index is 1.72. The van der Waals surface area contributed by atoms with Crippen LogP contribution in [0.2, 0.25) is 0 Å². The van der Waals surface area contributed by atoms with Gasteiger partial charge in [0.05, 0.1) is 18.2 Å². The van der Waals surface area contributed by atoms with E-state index in [0.717, 1.165) is 23.2 Å². The molecule has 0 saturated carbocycles. The van der Waals surface area contributed by atoms with Gasteiger partial charge in [0, 0.05) is 37.1 Å². The van der Waals surface area contributed by atoms with Crippen molar-refractivity contribution in [2.24, 2.45) is 5.92 Å². The highest BCUT2D eigenvalue weighted by atomic mass is 16.5. The molecule has 0 spiro atoms. The van der Waals surface area contributed by atoms with Gasteiger partial charge in [-0.05, 0) is 55.2 Å². The number of hydrogen-bond donors (Lipinski definition) is 1. The summed E-state index contributed by atoms with van der Waals surface area (Å²) in [6.07, 6.45) is 5.12. The normalized spacial score (nSPS) is 20.5. The lowest BCUT2D eigenvalue weighted by molar-refractivity contribution is -0.132. The summed E-state index contributed by atoms with van der Waals surface area (Å²) >= 11 is 0. The lowest BCUT2D eigenvalue weighted by Gasteiger charge is -2.38. The quantitative estimate of drug-likeness (QED) is 0.419. The Bertz CT molecular complexity index is 1110. The molecule has 0 bridgehead atoms. The molecule has 0 fully saturated rings. The van der Waals surface area contributed by atoms with Gasteiger partial charge in [0.1, 0.15) is 11.5 Å². The Morgan fingerprint density at radius 2 is 1.78 bits per heavy atom. The minimum Gasteiger partial charge on any atom is -0.462 e. The molecule has 166 valence electrons. The van der Waals surface area contributed by atoms with Gasteiger partial charge in [-0.3, -0.25) is 9.59 Å². The summed E-state index contributed by atoms with van der Waals surface area (Å²) in [5.74, 6) is -0.317. The third kappa shape index (κ3) is 4.23. The minimum absolute atomic E-state index is 0.101. The summed E-state index contributed by atoms with van der Waals surface area (Å²) in [5, 5.41) is 3.57. The maximum atomic E-state index is 12.2. The molecule has 3 unspecified atom stereocenters. The van der Waals surface area contributed by atoms with Gasteiger partial charge in [-0.25, -0.2) is 4.79 Å². The standard InChI is InChI=1S/C25H25NO6/c1-4-30-25(29)16-8-11-22-21(12-16)18-6-5-7-19(18)24(26-22)20-10-9-17(31-14(2)27)13-23(20)32-15(3)28/h5-6,8-13,18-19,24,26H,4,7H2,1-3H3. The van der Waals surface area contributed by atoms with Gasteiger partial charge < -0.3 is 19.5 Å². The number of nitrogens with one attached hydrogen (secondary N) is 1. The number of anilines is 1. The van der Waals surface area contributed by atoms with E-state index in [1.165, 1.54) is 13.8 Å². The van der Waals surface area contributed by atoms with E-state index < -0.39 is 11.9 Å². The maximum Gasteiger partial charge on any atom is 0.338 e. The molecule has 3 atom stereocenters. The fourth-order valence-electron chi connectivity index (χ4n) is 4.49. The first-order chi connectivity index (χ1) is 15.4. The van der Waals surface area contributed by atoms with Crippen LogP contribution in [0.4, 0.5) is 5.69 Å². The van der Waals surface area contributed by atoms with Crippen LogP contribution in [0.15, 0.2) is 48.6 Å². The number of allylic oxidation sites excluding steroid dienone is 2. The average molecular weight is 435 g/mol. The number of fused-ring (bicyclic) bond motifs is 3. The third-order valence-corrected chi connectivity index (χ3v) is 5.71. The molecule has 1 N–H and O–H groups in total. The van der Waals surface area contributed by atoms with Gasteiger partial charge in [0.15, 0.2) is 0 Å². The van der Waals surface area contributed by atoms with Crippen LogP contribution in [0.25, 0.3) is 0 Å². The number of carbonyl (C=O) groups excluding carboxylic acids is 3. The third-order valence-electron chi connectivity index (χ3n) is 5.71. The second-order valence-electron chi connectivity index (χ2n) is 7.88. The van der Waals surface area contributed by atoms with Crippen molar-refractivity contribution < 1.29 is 28.6 Å². The number of esters is 3. The molecular weight excluding hydrogens is 410 g/mol. The van der Waals surface area contributed by atoms with E-state index in [-0.39, 0.29) is 23.8 Å². The van der Waals surface area contributed by atoms with Gasteiger partial charge >= 0.3 is 17.9 Å². The zero-order valence-corrected chi connectivity index (χ0v) is 18.2. The van der Waals surface area contributed by atoms with Crippen LogP contribution in [0.3, 0.4) is 0 Å². The Morgan fingerprint density at radius 1 is 1.00 bits per heavy atom. The zero-order chi connectivity index (χ0) is 22.8. The molecule has 1 heterocycles. The van der Waals surface area contributed by atoms with Gasteiger partial charge in [-0.15, -0.1) is 0 Å². The smallest absolute Gasteiger partial charge is 0.338 e. The van der Waals surface area contributed by atoms with Crippen LogP contribution >= 0.6 is 0 Å². The fourth-order valence-corrected chi connectivity index (χ4v) is 4.49. The van der Waals surface area contributed by atoms with E-state index in [1.807, 2.05) is 18.2 Å². The molecule has 2 aromatic carbocycles. The van der Waals surface area contributed by atoms with E-state index in [1.54, 1.807) is 25.1 Å². The summed E-state index contributed by atoms with van der Waals surface area (Å²) < 4.78 is 15.8. The molecule has 2 aromatic rings. The van der Waals surface area contributed by atoms with E-state index in [2.05, 4.69) is 17.5 Å². The zero-order valence-electron chi connectivity index (χ0n) is 18.2. The van der Waals surface area contributed by atoms with E-state index in [4.69, 9.17) is 14.2 Å². The first-order valence-electron chi connectivity index (χ1n) is 10.6. The van der Waals surface area contributed by atoms with Crippen LogP contribution in [0.1, 0.15) is 60.6 Å². The second-order valence-corrected chi connectivity index (χ2v) is 7.88. The molecule has 1 aliphatic heterocycles. The molecule has 32 heavy (non-hydrogen) atoms. The van der Waals surface area contributed by atoms with Crippen LogP contribution in [-0.2, 0) is 14.3 Å². The Labute approximate surface area is 186 Å². The molecule has 1 aliphatic carbocycles. The molecule has 0 amide bonds. The summed E-state index contributed by atoms with van der Waals surface area (Å²) in [6.45, 7) is 4.76. The summed E-state index contributed by atoms with van der Waals surface area (Å²) in [7, 11) is 0.